The molecule has 1 heterocycles. The molecule has 0 bridgehead atoms. The zero-order chi connectivity index (χ0) is 30.0. The summed E-state index contributed by atoms with van der Waals surface area (Å²) >= 11 is 5.97. The Morgan fingerprint density at radius 2 is 1.62 bits per heavy atom. The molecule has 1 N–H and O–H groups in total. The molecule has 3 aromatic carbocycles. The monoisotopic (exact) mass is 613 g/mol. The van der Waals surface area contributed by atoms with Gasteiger partial charge in [-0.2, -0.15) is 4.31 Å². The first-order valence-electron chi connectivity index (χ1n) is 13.0. The van der Waals surface area contributed by atoms with Crippen LogP contribution in [0.4, 0.5) is 13.2 Å². The molecule has 0 aliphatic heterocycles. The number of halogens is 4. The molecule has 6 nitrogen and oxygen atoms in total. The normalized spacial score (nSPS) is 14.4. The molecule has 0 radical (unpaired) electrons. The van der Waals surface area contributed by atoms with Crippen molar-refractivity contribution in [3.63, 3.8) is 0 Å². The third-order valence-corrected chi connectivity index (χ3v) is 9.02. The Kier molecular flexibility index (Phi) is 8.32. The molecule has 42 heavy (non-hydrogen) atoms. The van der Waals surface area contributed by atoms with Gasteiger partial charge < -0.3 is 10.1 Å². The maximum absolute atomic E-state index is 13.6. The molecule has 1 aromatic heterocycles. The van der Waals surface area contributed by atoms with Gasteiger partial charge in [0.05, 0.1) is 22.7 Å². The summed E-state index contributed by atoms with van der Waals surface area (Å²) in [6, 6.07) is 24.6. The molecule has 0 atom stereocenters. The van der Waals surface area contributed by atoms with E-state index in [0.29, 0.717) is 16.4 Å². The van der Waals surface area contributed by atoms with Gasteiger partial charge in [0, 0.05) is 23.5 Å². The van der Waals surface area contributed by atoms with Crippen LogP contribution in [0, 0.1) is 0 Å². The van der Waals surface area contributed by atoms with Crippen molar-refractivity contribution in [1.82, 2.24) is 14.6 Å². The van der Waals surface area contributed by atoms with Crippen LogP contribution in [0.2, 0.25) is 5.02 Å². The van der Waals surface area contributed by atoms with Crippen LogP contribution in [0.3, 0.4) is 0 Å². The van der Waals surface area contributed by atoms with Gasteiger partial charge in [-0.25, -0.2) is 8.42 Å². The minimum Gasteiger partial charge on any atom is -0.406 e. The molecule has 11 heteroatoms. The molecule has 0 spiro atoms. The van der Waals surface area contributed by atoms with Crippen molar-refractivity contribution in [2.24, 2.45) is 0 Å². The Morgan fingerprint density at radius 3 is 2.19 bits per heavy atom. The Hall–Kier alpha value is -3.86. The van der Waals surface area contributed by atoms with Gasteiger partial charge in [0.25, 0.3) is 0 Å². The first kappa shape index (κ1) is 29.6. The van der Waals surface area contributed by atoms with E-state index in [9.17, 15) is 21.6 Å². The second kappa shape index (κ2) is 11.8. The standard InChI is InChI=1S/C31H27ClF3N3O3S/c1-22(37-30(17-18-30)25-9-13-28(14-10-25)41-31(33,34)35)24-7-5-23(6-8-24)20-38(21-27-4-2-3-19-36-27)42(39,40)29-15-11-26(32)12-16-29/h2-16,19,37H,1,17-18,20-21H2. The van der Waals surface area contributed by atoms with E-state index in [0.717, 1.165) is 29.5 Å². The molecule has 4 aromatic rings. The van der Waals surface area contributed by atoms with Gasteiger partial charge in [-0.05, 0) is 78.1 Å². The number of nitrogens with zero attached hydrogens (tertiary/aromatic N) is 2. The van der Waals surface area contributed by atoms with Gasteiger partial charge in [-0.15, -0.1) is 13.2 Å². The van der Waals surface area contributed by atoms with Crippen molar-refractivity contribution in [3.05, 3.63) is 131 Å². The number of alkyl halides is 3. The second-order valence-corrected chi connectivity index (χ2v) is 12.4. The van der Waals surface area contributed by atoms with Crippen LogP contribution in [0.5, 0.6) is 5.75 Å². The molecule has 0 unspecified atom stereocenters. The molecule has 0 amide bonds. The van der Waals surface area contributed by atoms with Crippen LogP contribution in [0.15, 0.2) is 109 Å². The van der Waals surface area contributed by atoms with Gasteiger partial charge in [-0.1, -0.05) is 60.6 Å². The number of nitrogens with one attached hydrogen (secondary N) is 1. The lowest BCUT2D eigenvalue weighted by molar-refractivity contribution is -0.274. The molecule has 0 saturated heterocycles. The van der Waals surface area contributed by atoms with Crippen molar-refractivity contribution in [2.45, 2.75) is 42.7 Å². The lowest BCUT2D eigenvalue weighted by Gasteiger charge is -2.23. The van der Waals surface area contributed by atoms with Crippen LogP contribution < -0.4 is 10.1 Å². The summed E-state index contributed by atoms with van der Waals surface area (Å²) in [5, 5.41) is 3.87. The first-order chi connectivity index (χ1) is 19.9. The number of ether oxygens (including phenoxy) is 1. The molecule has 5 rings (SSSR count). The highest BCUT2D eigenvalue weighted by Crippen LogP contribution is 2.47. The minimum absolute atomic E-state index is 0.0805. The second-order valence-electron chi connectivity index (χ2n) is 10.0. The molecule has 1 aliphatic carbocycles. The predicted octanol–water partition coefficient (Wildman–Crippen LogP) is 7.27. The summed E-state index contributed by atoms with van der Waals surface area (Å²) in [5.74, 6) is -0.272. The van der Waals surface area contributed by atoms with Crippen molar-refractivity contribution in [1.29, 1.82) is 0 Å². The number of hydrogen-bond donors (Lipinski definition) is 1. The van der Waals surface area contributed by atoms with Gasteiger partial charge >= 0.3 is 6.36 Å². The molecule has 1 aliphatic rings. The van der Waals surface area contributed by atoms with Gasteiger partial charge in [0.2, 0.25) is 10.0 Å². The SMILES string of the molecule is C=C(NC1(c2ccc(OC(F)(F)F)cc2)CC1)c1ccc(CN(Cc2ccccn2)S(=O)(=O)c2ccc(Cl)cc2)cc1. The molecular formula is C31H27ClF3N3O3S. The number of benzene rings is 3. The average Bonchev–Trinajstić information content (AvgIpc) is 3.74. The smallest absolute Gasteiger partial charge is 0.406 e. The van der Waals surface area contributed by atoms with Crippen molar-refractivity contribution < 1.29 is 26.3 Å². The average molecular weight is 614 g/mol. The molecule has 218 valence electrons. The molecule has 1 saturated carbocycles. The number of rotatable bonds is 11. The van der Waals surface area contributed by atoms with Crippen LogP contribution >= 0.6 is 11.6 Å². The van der Waals surface area contributed by atoms with E-state index < -0.39 is 21.9 Å². The summed E-state index contributed by atoms with van der Waals surface area (Å²) < 4.78 is 70.0. The van der Waals surface area contributed by atoms with Crippen LogP contribution in [0.1, 0.15) is 35.2 Å². The van der Waals surface area contributed by atoms with E-state index in [1.807, 2.05) is 24.3 Å². The van der Waals surface area contributed by atoms with Crippen molar-refractivity contribution in [3.8, 4) is 5.75 Å². The molecular weight excluding hydrogens is 587 g/mol. The lowest BCUT2D eigenvalue weighted by Crippen LogP contribution is -2.30. The quantitative estimate of drug-likeness (QED) is 0.193. The van der Waals surface area contributed by atoms with Crippen LogP contribution in [0.25, 0.3) is 5.70 Å². The van der Waals surface area contributed by atoms with E-state index in [1.165, 1.54) is 40.7 Å². The number of pyridine rings is 1. The zero-order valence-electron chi connectivity index (χ0n) is 22.3. The van der Waals surface area contributed by atoms with E-state index in [-0.39, 0.29) is 23.7 Å². The fourth-order valence-electron chi connectivity index (χ4n) is 4.62. The Labute approximate surface area is 247 Å². The highest BCUT2D eigenvalue weighted by atomic mass is 35.5. The summed E-state index contributed by atoms with van der Waals surface area (Å²) in [6.07, 6.45) is -1.52. The Bertz CT molecular complexity index is 1640. The topological polar surface area (TPSA) is 71.5 Å². The van der Waals surface area contributed by atoms with Gasteiger partial charge in [-0.3, -0.25) is 4.98 Å². The van der Waals surface area contributed by atoms with Crippen LogP contribution in [-0.4, -0.2) is 24.1 Å². The maximum atomic E-state index is 13.6. The third-order valence-electron chi connectivity index (χ3n) is 6.96. The van der Waals surface area contributed by atoms with Gasteiger partial charge in [0.15, 0.2) is 0 Å². The summed E-state index contributed by atoms with van der Waals surface area (Å²) in [4.78, 5) is 4.43. The Balaban J connectivity index is 1.30. The summed E-state index contributed by atoms with van der Waals surface area (Å²) in [6.45, 7) is 4.35. The molecule has 1 fully saturated rings. The number of hydrogen-bond acceptors (Lipinski definition) is 5. The van der Waals surface area contributed by atoms with Crippen LogP contribution in [-0.2, 0) is 28.7 Å². The van der Waals surface area contributed by atoms with E-state index in [2.05, 4.69) is 21.6 Å². The lowest BCUT2D eigenvalue weighted by atomic mass is 10.0. The third kappa shape index (κ3) is 7.13. The summed E-state index contributed by atoms with van der Waals surface area (Å²) in [5.41, 5.74) is 3.25. The predicted molar refractivity (Wildman–Crippen MR) is 155 cm³/mol. The van der Waals surface area contributed by atoms with E-state index in [4.69, 9.17) is 11.6 Å². The highest BCUT2D eigenvalue weighted by molar-refractivity contribution is 7.89. The van der Waals surface area contributed by atoms with Crippen molar-refractivity contribution >= 4 is 27.3 Å². The Morgan fingerprint density at radius 1 is 0.952 bits per heavy atom. The minimum atomic E-state index is -4.74. The van der Waals surface area contributed by atoms with Crippen molar-refractivity contribution in [2.75, 3.05) is 0 Å². The first-order valence-corrected chi connectivity index (χ1v) is 14.8. The number of aromatic nitrogens is 1. The fraction of sp³-hybridized carbons (Fsp3) is 0.194. The number of sulfonamides is 1. The highest BCUT2D eigenvalue weighted by Gasteiger charge is 2.44. The zero-order valence-corrected chi connectivity index (χ0v) is 23.9. The maximum Gasteiger partial charge on any atom is 0.573 e. The fourth-order valence-corrected chi connectivity index (χ4v) is 6.14. The van der Waals surface area contributed by atoms with E-state index in [1.54, 1.807) is 36.5 Å². The van der Waals surface area contributed by atoms with E-state index >= 15 is 0 Å². The summed E-state index contributed by atoms with van der Waals surface area (Å²) in [7, 11) is -3.87. The largest absolute Gasteiger partial charge is 0.573 e. The van der Waals surface area contributed by atoms with Gasteiger partial charge in [0.1, 0.15) is 5.75 Å².